The number of anilines is 5. The summed E-state index contributed by atoms with van der Waals surface area (Å²) in [6.07, 6.45) is 7.45. The van der Waals surface area contributed by atoms with E-state index in [0.29, 0.717) is 21.9 Å². The molecule has 0 radical (unpaired) electrons. The second-order valence-electron chi connectivity index (χ2n) is 18.0. The van der Waals surface area contributed by atoms with Crippen molar-refractivity contribution >= 4 is 137 Å². The highest BCUT2D eigenvalue weighted by Crippen LogP contribution is 2.31. The first-order valence-corrected chi connectivity index (χ1v) is 28.0. The number of aromatic amines is 1. The average molecular weight is 1430 g/mol. The van der Waals surface area contributed by atoms with Crippen molar-refractivity contribution in [2.75, 3.05) is 16.4 Å². The second-order valence-corrected chi connectivity index (χ2v) is 21.3. The molecule has 4 amide bonds. The van der Waals surface area contributed by atoms with Gasteiger partial charge in [0.25, 0.3) is 45.9 Å². The summed E-state index contributed by atoms with van der Waals surface area (Å²) in [5.74, 6) is 20.7. The van der Waals surface area contributed by atoms with Crippen molar-refractivity contribution in [3.8, 4) is 47.4 Å². The number of carbonyl (C=O) groups excluding carboxylic acids is 5. The standard InChI is InChI=1S/2C15H12ClN5O2.C11H8BrClN2O2.C6H4BrClN2O2.C5H6N2.C5H6O.2CH4/c2*1-3-5-15(2)20-13(22)12-9(16)7-10(14(23)21(12)15)19-11-4-6-17-8-18-11;1-3-4-11(2)14-9(16)8-7(13)5-6(12)10(17)15(8)11;7-2-1-3(8)4(5(9)11)10-6(2)12;6-5-3-1-2-4-7-5;1-3-4-5(2)6;;/h2*4,6-8H,1-2H3,(H,20,22)(H,17,18,19);5H,1-2H3,(H,14,16);1H,(H2,9,11)(H,10,12);1-4H,(H2,6,7);1-2H3;2*1H4. The Morgan fingerprint density at radius 2 is 0.967 bits per heavy atom. The molecule has 3 atom stereocenters. The van der Waals surface area contributed by atoms with Crippen molar-refractivity contribution in [2.24, 2.45) is 5.73 Å². The quantitative estimate of drug-likeness (QED) is 0.0596. The number of nitrogens with one attached hydrogen (secondary N) is 6. The number of hydrogen-bond acceptors (Lipinski definition) is 17. The van der Waals surface area contributed by atoms with Crippen molar-refractivity contribution in [1.82, 2.24) is 59.6 Å². The number of nitrogen functional groups attached to an aromatic ring is 1. The largest absolute Gasteiger partial charge is 0.384 e. The van der Waals surface area contributed by atoms with E-state index in [4.69, 9.17) is 57.9 Å². The molecule has 0 saturated carbocycles. The fourth-order valence-corrected chi connectivity index (χ4v) is 10.1. The van der Waals surface area contributed by atoms with Gasteiger partial charge in [-0.15, -0.1) is 17.8 Å². The Kier molecular flexibility index (Phi) is 27.0. The van der Waals surface area contributed by atoms with Gasteiger partial charge in [0.1, 0.15) is 64.3 Å². The lowest BCUT2D eigenvalue weighted by molar-refractivity contribution is -0.111. The number of primary amides is 1. The van der Waals surface area contributed by atoms with Crippen LogP contribution in [0.3, 0.4) is 0 Å². The van der Waals surface area contributed by atoms with Gasteiger partial charge in [0.15, 0.2) is 17.0 Å². The molecule has 10 heterocycles. The summed E-state index contributed by atoms with van der Waals surface area (Å²) < 4.78 is 4.36. The minimum atomic E-state index is -1.15. The first-order chi connectivity index (χ1) is 41.5. The van der Waals surface area contributed by atoms with Crippen LogP contribution in [0.4, 0.5) is 28.8 Å². The lowest BCUT2D eigenvalue weighted by Crippen LogP contribution is -2.43. The Labute approximate surface area is 552 Å². The molecule has 468 valence electrons. The van der Waals surface area contributed by atoms with Crippen LogP contribution in [0.2, 0.25) is 20.1 Å². The van der Waals surface area contributed by atoms with Crippen molar-refractivity contribution in [3.63, 3.8) is 0 Å². The molecule has 25 nitrogen and oxygen atoms in total. The van der Waals surface area contributed by atoms with Crippen molar-refractivity contribution < 1.29 is 24.0 Å². The molecular weight excluding hydrogens is 1380 g/mol. The molecule has 10 rings (SSSR count). The van der Waals surface area contributed by atoms with E-state index in [1.165, 1.54) is 57.5 Å². The van der Waals surface area contributed by atoms with Gasteiger partial charge in [0.05, 0.1) is 29.0 Å². The average Bonchev–Trinajstić information content (AvgIpc) is 1.59. The molecule has 7 aromatic heterocycles. The number of fused-ring (bicyclic) bond motifs is 3. The molecule has 10 N–H and O–H groups in total. The number of rotatable bonds is 5. The van der Waals surface area contributed by atoms with Crippen LogP contribution < -0.4 is 60.3 Å². The first kappa shape index (κ1) is 74.7. The van der Waals surface area contributed by atoms with Gasteiger partial charge in [-0.25, -0.2) is 24.9 Å². The molecule has 0 fully saturated rings. The highest BCUT2D eigenvalue weighted by atomic mass is 79.9. The van der Waals surface area contributed by atoms with Crippen LogP contribution in [0, 0.1) is 47.4 Å². The van der Waals surface area contributed by atoms with Gasteiger partial charge in [0.2, 0.25) is 5.78 Å². The molecule has 31 heteroatoms. The van der Waals surface area contributed by atoms with E-state index in [0.717, 1.165) is 0 Å². The van der Waals surface area contributed by atoms with Crippen LogP contribution in [0.25, 0.3) is 0 Å². The molecule has 90 heavy (non-hydrogen) atoms. The Bertz CT molecular complexity index is 4280. The Hall–Kier alpha value is -9.58. The van der Waals surface area contributed by atoms with E-state index in [1.807, 2.05) is 12.1 Å². The minimum absolute atomic E-state index is 0. The van der Waals surface area contributed by atoms with Crippen LogP contribution >= 0.6 is 78.3 Å². The van der Waals surface area contributed by atoms with Crippen LogP contribution in [-0.4, -0.2) is 73.0 Å². The first-order valence-electron chi connectivity index (χ1n) is 24.9. The number of pyridine rings is 5. The number of Topliss-reactive ketones (excluding diaryl/α,β-unsaturated/α-hetero) is 1. The number of ketones is 1. The van der Waals surface area contributed by atoms with E-state index < -0.39 is 57.3 Å². The normalized spacial score (nSPS) is 16.0. The SMILES string of the molecule is C.C.CC#CC(C)=O.CC#CC1(C)NC(=O)c2c(Cl)cc(Br)c(=O)n21.CC#CC1(C)NC(=O)c2c(Cl)cc(Nc3ccncn3)c(=O)n21.CC#CC1(C)NC(=O)c2c(Cl)cc(Nc3ccncn3)c(=O)n21.NC(=O)c1[nH]c(=O)c(Br)cc1Cl.Nc1ccccn1. The Balaban J connectivity index is 0.000000297. The zero-order valence-electron chi connectivity index (χ0n) is 47.3. The molecule has 0 aromatic carbocycles. The van der Waals surface area contributed by atoms with E-state index in [9.17, 15) is 43.2 Å². The third-order valence-corrected chi connectivity index (χ3v) is 13.8. The fraction of sp³-hybridized carbons (Fsp3) is 0.220. The second kappa shape index (κ2) is 32.6. The third-order valence-electron chi connectivity index (χ3n) is 11.5. The summed E-state index contributed by atoms with van der Waals surface area (Å²) in [6.45, 7) is 12.9. The lowest BCUT2D eigenvalue weighted by Gasteiger charge is -2.21. The van der Waals surface area contributed by atoms with E-state index in [1.54, 1.807) is 85.3 Å². The van der Waals surface area contributed by atoms with Gasteiger partial charge in [-0.2, -0.15) is 0 Å². The minimum Gasteiger partial charge on any atom is -0.384 e. The van der Waals surface area contributed by atoms with Gasteiger partial charge in [-0.1, -0.05) is 91.0 Å². The summed E-state index contributed by atoms with van der Waals surface area (Å²) in [4.78, 5) is 127. The number of carbonyl (C=O) groups is 5. The van der Waals surface area contributed by atoms with E-state index >= 15 is 0 Å². The Morgan fingerprint density at radius 3 is 1.28 bits per heavy atom. The summed E-state index contributed by atoms with van der Waals surface area (Å²) in [6, 6.07) is 14.2. The fourth-order valence-electron chi connectivity index (χ4n) is 8.04. The van der Waals surface area contributed by atoms with Gasteiger partial charge >= 0.3 is 0 Å². The predicted octanol–water partition coefficient (Wildman–Crippen LogP) is 8.08. The number of amides is 4. The lowest BCUT2D eigenvalue weighted by atomic mass is 10.2. The molecule has 0 saturated heterocycles. The van der Waals surface area contributed by atoms with Crippen molar-refractivity contribution in [3.05, 3.63) is 179 Å². The molecular formula is C59H56Br2Cl4N16O9. The molecule has 3 aliphatic rings. The van der Waals surface area contributed by atoms with Crippen LogP contribution in [0.1, 0.15) is 112 Å². The maximum Gasteiger partial charge on any atom is 0.277 e. The zero-order valence-corrected chi connectivity index (χ0v) is 53.5. The van der Waals surface area contributed by atoms with Crippen molar-refractivity contribution in [2.45, 2.75) is 87.2 Å². The van der Waals surface area contributed by atoms with Crippen molar-refractivity contribution in [1.29, 1.82) is 0 Å². The number of aromatic nitrogens is 9. The summed E-state index contributed by atoms with van der Waals surface area (Å²) in [5.41, 5.74) is 5.84. The summed E-state index contributed by atoms with van der Waals surface area (Å²) in [7, 11) is 0. The van der Waals surface area contributed by atoms with Gasteiger partial charge in [-0.3, -0.25) is 56.9 Å². The maximum absolute atomic E-state index is 12.8. The highest BCUT2D eigenvalue weighted by Gasteiger charge is 2.43. The van der Waals surface area contributed by atoms with E-state index in [2.05, 4.69) is 136 Å². The van der Waals surface area contributed by atoms with Crippen LogP contribution in [0.5, 0.6) is 0 Å². The summed E-state index contributed by atoms with van der Waals surface area (Å²) >= 11 is 30.0. The Morgan fingerprint density at radius 1 is 0.567 bits per heavy atom. The topological polar surface area (TPSA) is 361 Å². The number of nitrogens with two attached hydrogens (primary N) is 2. The molecule has 0 aliphatic carbocycles. The van der Waals surface area contributed by atoms with E-state index in [-0.39, 0.29) is 84.9 Å². The third kappa shape index (κ3) is 17.8. The summed E-state index contributed by atoms with van der Waals surface area (Å²) in [5, 5.41) is 14.4. The molecule has 3 unspecified atom stereocenters. The van der Waals surface area contributed by atoms with Gasteiger partial charge in [0, 0.05) is 25.5 Å². The smallest absolute Gasteiger partial charge is 0.277 e. The predicted molar refractivity (Wildman–Crippen MR) is 354 cm³/mol. The van der Waals surface area contributed by atoms with Crippen LogP contribution in [0.15, 0.2) is 114 Å². The number of nitrogens with zero attached hydrogens (tertiary/aromatic N) is 8. The van der Waals surface area contributed by atoms with Gasteiger partial charge < -0.3 is 43.0 Å². The molecule has 3 aliphatic heterocycles. The van der Waals surface area contributed by atoms with Gasteiger partial charge in [-0.05, 0) is 135 Å². The van der Waals surface area contributed by atoms with Crippen LogP contribution in [-0.2, 0) is 21.8 Å². The number of H-pyrrole nitrogens is 1. The number of halogens is 6. The highest BCUT2D eigenvalue weighted by molar-refractivity contribution is 9.10. The molecule has 7 aromatic rings. The monoisotopic (exact) mass is 1430 g/mol. The molecule has 0 bridgehead atoms. The zero-order chi connectivity index (χ0) is 65.4. The maximum atomic E-state index is 12.8. The molecule has 0 spiro atoms. The number of hydrogen-bond donors (Lipinski definition) is 8.